The Hall–Kier alpha value is -2.24. The molecule has 5 nitrogen and oxygen atoms in total. The second-order valence-corrected chi connectivity index (χ2v) is 6.28. The first-order chi connectivity index (χ1) is 11.8. The van der Waals surface area contributed by atoms with Gasteiger partial charge in [0.15, 0.2) is 0 Å². The summed E-state index contributed by atoms with van der Waals surface area (Å²) >= 11 is 6.21. The van der Waals surface area contributed by atoms with E-state index in [4.69, 9.17) is 20.9 Å². The largest absolute Gasteiger partial charge is 0.381 e. The Balaban J connectivity index is 1.79. The molecular weight excluding hydrogens is 326 g/mol. The Morgan fingerprint density at radius 2 is 1.92 bits per heavy atom. The maximum atomic E-state index is 6.21. The van der Waals surface area contributed by atoms with Crippen LogP contribution < -0.4 is 0 Å². The van der Waals surface area contributed by atoms with Crippen molar-refractivity contribution in [3.8, 4) is 11.5 Å². The molecule has 0 spiro atoms. The van der Waals surface area contributed by atoms with Crippen LogP contribution in [0.25, 0.3) is 11.5 Å². The molecule has 2 aromatic heterocycles. The maximum absolute atomic E-state index is 6.21. The molecule has 0 atom stereocenters. The van der Waals surface area contributed by atoms with E-state index >= 15 is 0 Å². The van der Waals surface area contributed by atoms with E-state index in [1.807, 2.05) is 36.4 Å². The zero-order chi connectivity index (χ0) is 16.4. The molecule has 3 aromatic rings. The highest BCUT2D eigenvalue weighted by atomic mass is 35.5. The van der Waals surface area contributed by atoms with Gasteiger partial charge < -0.3 is 9.26 Å². The van der Waals surface area contributed by atoms with Crippen LogP contribution in [-0.2, 0) is 10.2 Å². The fourth-order valence-electron chi connectivity index (χ4n) is 3.15. The number of rotatable bonds is 3. The van der Waals surface area contributed by atoms with E-state index < -0.39 is 0 Å². The number of nitrogens with zero attached hydrogens (tertiary/aromatic N) is 3. The second kappa shape index (κ2) is 6.34. The molecule has 1 saturated heterocycles. The van der Waals surface area contributed by atoms with Crippen molar-refractivity contribution in [1.29, 1.82) is 0 Å². The molecule has 0 unspecified atom stereocenters. The van der Waals surface area contributed by atoms with Gasteiger partial charge in [0.05, 0.1) is 5.41 Å². The average Bonchev–Trinajstić information content (AvgIpc) is 3.14. The lowest BCUT2D eigenvalue weighted by atomic mass is 9.74. The summed E-state index contributed by atoms with van der Waals surface area (Å²) < 4.78 is 11.2. The number of ether oxygens (including phenoxy) is 1. The van der Waals surface area contributed by atoms with E-state index in [0.29, 0.717) is 35.6 Å². The summed E-state index contributed by atoms with van der Waals surface area (Å²) in [6, 6.07) is 13.5. The van der Waals surface area contributed by atoms with Gasteiger partial charge in [0.1, 0.15) is 5.69 Å². The van der Waals surface area contributed by atoms with Crippen LogP contribution in [0.3, 0.4) is 0 Å². The maximum Gasteiger partial charge on any atom is 0.237 e. The third kappa shape index (κ3) is 2.70. The van der Waals surface area contributed by atoms with Crippen LogP contribution in [0, 0.1) is 0 Å². The van der Waals surface area contributed by atoms with E-state index in [2.05, 4.69) is 21.2 Å². The monoisotopic (exact) mass is 341 g/mol. The minimum atomic E-state index is -0.372. The standard InChI is InChI=1S/C18H16ClN3O2/c19-14-5-3-4-13(12-14)18(7-10-23-11-8-18)17-21-16(22-24-17)15-6-1-2-9-20-15/h1-6,9,12H,7-8,10-11H2. The fourth-order valence-corrected chi connectivity index (χ4v) is 3.34. The van der Waals surface area contributed by atoms with Gasteiger partial charge in [-0.15, -0.1) is 0 Å². The molecule has 0 bridgehead atoms. The van der Waals surface area contributed by atoms with Gasteiger partial charge in [0, 0.05) is 24.4 Å². The molecule has 0 saturated carbocycles. The summed E-state index contributed by atoms with van der Waals surface area (Å²) in [5.74, 6) is 1.09. The third-order valence-corrected chi connectivity index (χ3v) is 4.69. The molecule has 0 amide bonds. The summed E-state index contributed by atoms with van der Waals surface area (Å²) in [6.07, 6.45) is 3.26. The summed E-state index contributed by atoms with van der Waals surface area (Å²) in [6.45, 7) is 1.29. The van der Waals surface area contributed by atoms with E-state index in [1.54, 1.807) is 6.20 Å². The predicted molar refractivity (Wildman–Crippen MR) is 89.8 cm³/mol. The number of pyridine rings is 1. The van der Waals surface area contributed by atoms with Crippen LogP contribution in [-0.4, -0.2) is 28.3 Å². The molecule has 1 aliphatic rings. The SMILES string of the molecule is Clc1cccc(C2(c3nc(-c4ccccn4)no3)CCOCC2)c1. The van der Waals surface area contributed by atoms with Gasteiger partial charge in [-0.05, 0) is 42.7 Å². The Bertz CT molecular complexity index is 829. The van der Waals surface area contributed by atoms with Gasteiger partial charge in [-0.25, -0.2) is 0 Å². The average molecular weight is 342 g/mol. The topological polar surface area (TPSA) is 61.0 Å². The molecular formula is C18H16ClN3O2. The van der Waals surface area contributed by atoms with Gasteiger partial charge >= 0.3 is 0 Å². The number of benzene rings is 1. The summed E-state index contributed by atoms with van der Waals surface area (Å²) in [4.78, 5) is 8.93. The molecule has 0 N–H and O–H groups in total. The number of aromatic nitrogens is 3. The molecule has 1 aromatic carbocycles. The summed E-state index contributed by atoms with van der Waals surface area (Å²) in [7, 11) is 0. The van der Waals surface area contributed by atoms with Crippen molar-refractivity contribution in [3.05, 3.63) is 65.1 Å². The van der Waals surface area contributed by atoms with E-state index in [9.17, 15) is 0 Å². The summed E-state index contributed by atoms with van der Waals surface area (Å²) in [5, 5.41) is 4.83. The van der Waals surface area contributed by atoms with Crippen molar-refractivity contribution in [3.63, 3.8) is 0 Å². The lowest BCUT2D eigenvalue weighted by Crippen LogP contribution is -2.35. The molecule has 6 heteroatoms. The normalized spacial score (nSPS) is 16.9. The predicted octanol–water partition coefficient (Wildman–Crippen LogP) is 3.88. The molecule has 4 rings (SSSR count). The zero-order valence-electron chi connectivity index (χ0n) is 13.0. The van der Waals surface area contributed by atoms with E-state index in [0.717, 1.165) is 18.4 Å². The third-order valence-electron chi connectivity index (χ3n) is 4.45. The lowest BCUT2D eigenvalue weighted by Gasteiger charge is -2.34. The lowest BCUT2D eigenvalue weighted by molar-refractivity contribution is 0.0523. The van der Waals surface area contributed by atoms with Crippen LogP contribution in [0.1, 0.15) is 24.3 Å². The van der Waals surface area contributed by atoms with Crippen molar-refractivity contribution in [2.45, 2.75) is 18.3 Å². The summed E-state index contributed by atoms with van der Waals surface area (Å²) in [5.41, 5.74) is 1.40. The zero-order valence-corrected chi connectivity index (χ0v) is 13.7. The van der Waals surface area contributed by atoms with E-state index in [1.165, 1.54) is 0 Å². The number of hydrogen-bond donors (Lipinski definition) is 0. The van der Waals surface area contributed by atoms with E-state index in [-0.39, 0.29) is 5.41 Å². The smallest absolute Gasteiger partial charge is 0.237 e. The van der Waals surface area contributed by atoms with Crippen molar-refractivity contribution in [2.75, 3.05) is 13.2 Å². The van der Waals surface area contributed by atoms with Gasteiger partial charge in [-0.1, -0.05) is 35.0 Å². The first-order valence-electron chi connectivity index (χ1n) is 7.87. The second-order valence-electron chi connectivity index (χ2n) is 5.84. The van der Waals surface area contributed by atoms with Crippen molar-refractivity contribution in [1.82, 2.24) is 15.1 Å². The number of halogens is 1. The molecule has 1 aliphatic heterocycles. The van der Waals surface area contributed by atoms with Crippen LogP contribution >= 0.6 is 11.6 Å². The highest BCUT2D eigenvalue weighted by Gasteiger charge is 2.41. The Morgan fingerprint density at radius 1 is 1.04 bits per heavy atom. The highest BCUT2D eigenvalue weighted by Crippen LogP contribution is 2.41. The minimum absolute atomic E-state index is 0.372. The van der Waals surface area contributed by atoms with Crippen molar-refractivity contribution >= 4 is 11.6 Å². The molecule has 122 valence electrons. The van der Waals surface area contributed by atoms with Gasteiger partial charge in [0.25, 0.3) is 0 Å². The van der Waals surface area contributed by atoms with Crippen molar-refractivity contribution in [2.24, 2.45) is 0 Å². The van der Waals surface area contributed by atoms with Crippen LogP contribution in [0.2, 0.25) is 5.02 Å². The van der Waals surface area contributed by atoms with Gasteiger partial charge in [-0.2, -0.15) is 4.98 Å². The first-order valence-corrected chi connectivity index (χ1v) is 8.25. The fraction of sp³-hybridized carbons (Fsp3) is 0.278. The minimum Gasteiger partial charge on any atom is -0.381 e. The van der Waals surface area contributed by atoms with Crippen molar-refractivity contribution < 1.29 is 9.26 Å². The molecule has 0 radical (unpaired) electrons. The molecule has 0 aliphatic carbocycles. The molecule has 1 fully saturated rings. The first kappa shape index (κ1) is 15.3. The molecule has 24 heavy (non-hydrogen) atoms. The number of hydrogen-bond acceptors (Lipinski definition) is 5. The Kier molecular flexibility index (Phi) is 4.04. The van der Waals surface area contributed by atoms with Crippen LogP contribution in [0.4, 0.5) is 0 Å². The van der Waals surface area contributed by atoms with Crippen LogP contribution in [0.15, 0.2) is 53.2 Å². The molecule has 3 heterocycles. The van der Waals surface area contributed by atoms with Gasteiger partial charge in [-0.3, -0.25) is 4.98 Å². The Morgan fingerprint density at radius 3 is 2.67 bits per heavy atom. The highest BCUT2D eigenvalue weighted by molar-refractivity contribution is 6.30. The van der Waals surface area contributed by atoms with Crippen LogP contribution in [0.5, 0.6) is 0 Å². The van der Waals surface area contributed by atoms with Gasteiger partial charge in [0.2, 0.25) is 11.7 Å². The quantitative estimate of drug-likeness (QED) is 0.723. The Labute approximate surface area is 144 Å².